The zero-order valence-electron chi connectivity index (χ0n) is 6.82. The third kappa shape index (κ3) is 1.66. The van der Waals surface area contributed by atoms with E-state index in [0.29, 0.717) is 0 Å². The zero-order valence-corrected chi connectivity index (χ0v) is 8.33. The Labute approximate surface area is 88.2 Å². The average Bonchev–Trinajstić information content (AvgIpc) is 2.12. The molecule has 0 saturated heterocycles. The first-order valence-electron chi connectivity index (χ1n) is 3.25. The van der Waals surface area contributed by atoms with E-state index >= 15 is 0 Å². The molecule has 1 rings (SSSR count). The summed E-state index contributed by atoms with van der Waals surface area (Å²) in [6.45, 7) is 0. The molecule has 0 aliphatic carbocycles. The number of methoxy groups -OCH3 is 1. The fraction of sp³-hybridized carbons (Fsp3) is 0.167. The predicted molar refractivity (Wildman–Crippen MR) is 49.1 cm³/mol. The molecule has 0 aliphatic rings. The monoisotopic (exact) mass is 238 g/mol. The van der Waals surface area contributed by atoms with Gasteiger partial charge < -0.3 is 20.0 Å². The molecule has 0 unspecified atom stereocenters. The molecule has 14 heavy (non-hydrogen) atoms. The lowest BCUT2D eigenvalue weighted by atomic mass is 10.4. The van der Waals surface area contributed by atoms with Gasteiger partial charge >= 0.3 is 5.82 Å². The lowest BCUT2D eigenvalue weighted by Gasteiger charge is -2.03. The summed E-state index contributed by atoms with van der Waals surface area (Å²) in [6.07, 6.45) is 0. The van der Waals surface area contributed by atoms with Gasteiger partial charge in [-0.2, -0.15) is 0 Å². The van der Waals surface area contributed by atoms with E-state index in [9.17, 15) is 15.2 Å². The van der Waals surface area contributed by atoms with Crippen LogP contribution in [0.25, 0.3) is 0 Å². The van der Waals surface area contributed by atoms with Crippen molar-refractivity contribution in [3.05, 3.63) is 20.3 Å². The minimum atomic E-state index is -0.896. The van der Waals surface area contributed by atoms with Crippen LogP contribution >= 0.6 is 23.2 Å². The molecule has 1 N–H and O–H groups in total. The highest BCUT2D eigenvalue weighted by molar-refractivity contribution is 6.37. The van der Waals surface area contributed by atoms with Gasteiger partial charge in [-0.1, -0.05) is 11.6 Å². The van der Waals surface area contributed by atoms with Crippen molar-refractivity contribution in [1.82, 2.24) is 4.98 Å². The highest BCUT2D eigenvalue weighted by atomic mass is 35.5. The molecule has 0 fully saturated rings. The van der Waals surface area contributed by atoms with Gasteiger partial charge in [-0.15, -0.1) is 0 Å². The second-order valence-corrected chi connectivity index (χ2v) is 2.92. The molecule has 6 nitrogen and oxygen atoms in total. The van der Waals surface area contributed by atoms with Crippen molar-refractivity contribution in [2.24, 2.45) is 0 Å². The molecular formula is C6H4Cl2N2O4. The van der Waals surface area contributed by atoms with Crippen LogP contribution in [0.1, 0.15) is 0 Å². The van der Waals surface area contributed by atoms with Crippen LogP contribution in [0.4, 0.5) is 5.82 Å². The summed E-state index contributed by atoms with van der Waals surface area (Å²) in [5, 5.41) is 19.0. The Bertz CT molecular complexity index is 396. The summed E-state index contributed by atoms with van der Waals surface area (Å²) in [4.78, 5) is 12.8. The molecule has 0 aromatic carbocycles. The Morgan fingerprint density at radius 3 is 2.57 bits per heavy atom. The minimum absolute atomic E-state index is 0.101. The highest BCUT2D eigenvalue weighted by Gasteiger charge is 2.26. The van der Waals surface area contributed by atoms with E-state index < -0.39 is 16.5 Å². The van der Waals surface area contributed by atoms with Crippen LogP contribution in [0.15, 0.2) is 0 Å². The second-order valence-electron chi connectivity index (χ2n) is 2.18. The van der Waals surface area contributed by atoms with E-state index in [1.165, 1.54) is 7.11 Å². The standard InChI is InChI=1S/C6H4Cl2N2O4/c1-14-4-2(7)3(11)6(10(12)13)9-5(4)8/h11H,1H3. The molecule has 1 aromatic rings. The van der Waals surface area contributed by atoms with E-state index in [4.69, 9.17) is 23.2 Å². The van der Waals surface area contributed by atoms with Gasteiger partial charge in [0.15, 0.2) is 0 Å². The van der Waals surface area contributed by atoms with E-state index in [2.05, 4.69) is 9.72 Å². The molecule has 0 bridgehead atoms. The van der Waals surface area contributed by atoms with Crippen LogP contribution in [0.2, 0.25) is 10.2 Å². The third-order valence-corrected chi connectivity index (χ3v) is 1.99. The summed E-state index contributed by atoms with van der Waals surface area (Å²) in [7, 11) is 1.25. The number of halogens is 2. The number of aromatic hydroxyl groups is 1. The van der Waals surface area contributed by atoms with Gasteiger partial charge in [0.1, 0.15) is 5.02 Å². The average molecular weight is 239 g/mol. The summed E-state index contributed by atoms with van der Waals surface area (Å²) in [6, 6.07) is 0. The van der Waals surface area contributed by atoms with Crippen molar-refractivity contribution in [3.63, 3.8) is 0 Å². The topological polar surface area (TPSA) is 85.5 Å². The molecule has 1 heterocycles. The summed E-state index contributed by atoms with van der Waals surface area (Å²) in [5.41, 5.74) is 0. The maximum absolute atomic E-state index is 10.4. The maximum Gasteiger partial charge on any atom is 0.409 e. The van der Waals surface area contributed by atoms with Gasteiger partial charge in [-0.05, 0) is 21.5 Å². The smallest absolute Gasteiger partial charge is 0.409 e. The first-order valence-corrected chi connectivity index (χ1v) is 4.01. The van der Waals surface area contributed by atoms with Gasteiger partial charge in [0, 0.05) is 0 Å². The zero-order chi connectivity index (χ0) is 10.9. The number of hydrogen-bond acceptors (Lipinski definition) is 5. The van der Waals surface area contributed by atoms with Crippen molar-refractivity contribution in [2.75, 3.05) is 7.11 Å². The van der Waals surface area contributed by atoms with Crippen molar-refractivity contribution >= 4 is 29.0 Å². The Morgan fingerprint density at radius 1 is 1.57 bits per heavy atom. The number of hydrogen-bond donors (Lipinski definition) is 1. The van der Waals surface area contributed by atoms with Crippen LogP contribution in [-0.4, -0.2) is 22.1 Å². The van der Waals surface area contributed by atoms with Gasteiger partial charge in [0.05, 0.1) is 7.11 Å². The van der Waals surface area contributed by atoms with Gasteiger partial charge in [0.2, 0.25) is 11.5 Å². The molecule has 76 valence electrons. The van der Waals surface area contributed by atoms with E-state index in [0.717, 1.165) is 0 Å². The van der Waals surface area contributed by atoms with Crippen LogP contribution in [0.5, 0.6) is 11.5 Å². The van der Waals surface area contributed by atoms with Crippen molar-refractivity contribution in [1.29, 1.82) is 0 Å². The second kappa shape index (κ2) is 3.85. The lowest BCUT2D eigenvalue weighted by Crippen LogP contribution is -1.96. The first kappa shape index (κ1) is 10.8. The normalized spacial score (nSPS) is 9.93. The van der Waals surface area contributed by atoms with Crippen LogP contribution in [0.3, 0.4) is 0 Å². The predicted octanol–water partition coefficient (Wildman–Crippen LogP) is 2.01. The summed E-state index contributed by atoms with van der Waals surface area (Å²) in [5.74, 6) is -1.67. The molecule has 0 atom stereocenters. The Hall–Kier alpha value is -1.27. The largest absolute Gasteiger partial charge is 0.500 e. The van der Waals surface area contributed by atoms with E-state index in [1.807, 2.05) is 0 Å². The third-order valence-electron chi connectivity index (χ3n) is 1.39. The van der Waals surface area contributed by atoms with Gasteiger partial charge in [-0.3, -0.25) is 0 Å². The number of nitro groups is 1. The van der Waals surface area contributed by atoms with Crippen molar-refractivity contribution < 1.29 is 14.8 Å². The van der Waals surface area contributed by atoms with Crippen LogP contribution < -0.4 is 4.74 Å². The Morgan fingerprint density at radius 2 is 2.14 bits per heavy atom. The molecule has 0 amide bonds. The Kier molecular flexibility index (Phi) is 2.97. The number of aromatic nitrogens is 1. The van der Waals surface area contributed by atoms with Gasteiger partial charge in [0.25, 0.3) is 5.15 Å². The highest BCUT2D eigenvalue weighted by Crippen LogP contribution is 2.42. The van der Waals surface area contributed by atoms with Crippen molar-refractivity contribution in [3.8, 4) is 11.5 Å². The minimum Gasteiger partial charge on any atom is -0.500 e. The fourth-order valence-corrected chi connectivity index (χ4v) is 1.35. The maximum atomic E-state index is 10.4. The van der Waals surface area contributed by atoms with E-state index in [1.54, 1.807) is 0 Å². The SMILES string of the molecule is COc1c(Cl)nc([N+](=O)[O-])c(O)c1Cl. The Balaban J connectivity index is 3.47. The van der Waals surface area contributed by atoms with Gasteiger partial charge in [-0.25, -0.2) is 0 Å². The number of pyridine rings is 1. The summed E-state index contributed by atoms with van der Waals surface area (Å²) >= 11 is 11.1. The molecule has 0 spiro atoms. The first-order chi connectivity index (χ1) is 6.49. The number of ether oxygens (including phenoxy) is 1. The summed E-state index contributed by atoms with van der Waals surface area (Å²) < 4.78 is 4.68. The molecular weight excluding hydrogens is 235 g/mol. The number of nitrogens with zero attached hydrogens (tertiary/aromatic N) is 2. The molecule has 1 aromatic heterocycles. The molecule has 0 radical (unpaired) electrons. The quantitative estimate of drug-likeness (QED) is 0.484. The van der Waals surface area contributed by atoms with Crippen LogP contribution in [-0.2, 0) is 0 Å². The van der Waals surface area contributed by atoms with E-state index in [-0.39, 0.29) is 15.9 Å². The molecule has 0 saturated carbocycles. The van der Waals surface area contributed by atoms with Crippen molar-refractivity contribution in [2.45, 2.75) is 0 Å². The number of rotatable bonds is 2. The molecule has 8 heteroatoms. The van der Waals surface area contributed by atoms with Crippen LogP contribution in [0, 0.1) is 10.1 Å². The fourth-order valence-electron chi connectivity index (χ4n) is 0.794. The molecule has 0 aliphatic heterocycles. The lowest BCUT2D eigenvalue weighted by molar-refractivity contribution is -0.390.